The average Bonchev–Trinajstić information content (AvgIpc) is 2.57. The molecule has 0 aliphatic carbocycles. The summed E-state index contributed by atoms with van der Waals surface area (Å²) in [4.78, 5) is 34.2. The molecule has 0 aliphatic heterocycles. The molecule has 2 aromatic rings. The lowest BCUT2D eigenvalue weighted by Gasteiger charge is -2.09. The van der Waals surface area contributed by atoms with Crippen molar-refractivity contribution in [3.8, 4) is 0 Å². The van der Waals surface area contributed by atoms with Gasteiger partial charge in [0.2, 0.25) is 0 Å². The molecule has 26 heavy (non-hydrogen) atoms. The SMILES string of the molecule is Nc1c(Cl)cc(Cl)cc1C(=O)OCC(=O)Nc1ccc(Cl)cc1[N+](=O)[O-]. The number of nitrogen functional groups attached to an aromatic ring is 1. The summed E-state index contributed by atoms with van der Waals surface area (Å²) in [5.74, 6) is -1.72. The summed E-state index contributed by atoms with van der Waals surface area (Å²) in [6, 6.07) is 6.30. The smallest absolute Gasteiger partial charge is 0.340 e. The molecule has 11 heteroatoms. The fraction of sp³-hybridized carbons (Fsp3) is 0.0667. The topological polar surface area (TPSA) is 125 Å². The molecule has 0 fully saturated rings. The van der Waals surface area contributed by atoms with Crippen LogP contribution in [-0.4, -0.2) is 23.4 Å². The fourth-order valence-electron chi connectivity index (χ4n) is 1.91. The zero-order valence-corrected chi connectivity index (χ0v) is 15.1. The second-order valence-corrected chi connectivity index (χ2v) is 6.17. The number of nitrogens with zero attached hydrogens (tertiary/aromatic N) is 1. The number of benzene rings is 2. The van der Waals surface area contributed by atoms with E-state index in [2.05, 4.69) is 5.32 Å². The van der Waals surface area contributed by atoms with E-state index >= 15 is 0 Å². The van der Waals surface area contributed by atoms with E-state index in [9.17, 15) is 19.7 Å². The molecule has 136 valence electrons. The number of nitro benzene ring substituents is 1. The second kappa shape index (κ2) is 8.22. The zero-order valence-electron chi connectivity index (χ0n) is 12.8. The van der Waals surface area contributed by atoms with Crippen LogP contribution in [0.5, 0.6) is 0 Å². The Bertz CT molecular complexity index is 904. The molecule has 0 unspecified atom stereocenters. The molecule has 0 radical (unpaired) electrons. The van der Waals surface area contributed by atoms with Crippen molar-refractivity contribution in [1.82, 2.24) is 0 Å². The van der Waals surface area contributed by atoms with Crippen LogP contribution in [0, 0.1) is 10.1 Å². The summed E-state index contributed by atoms with van der Waals surface area (Å²) in [5, 5.41) is 13.6. The van der Waals surface area contributed by atoms with Crippen molar-refractivity contribution < 1.29 is 19.2 Å². The van der Waals surface area contributed by atoms with Gasteiger partial charge in [-0.15, -0.1) is 0 Å². The molecule has 2 aromatic carbocycles. The van der Waals surface area contributed by atoms with Crippen LogP contribution in [0.4, 0.5) is 17.1 Å². The first-order chi connectivity index (χ1) is 12.2. The predicted molar refractivity (Wildman–Crippen MR) is 97.9 cm³/mol. The number of nitrogens with two attached hydrogens (primary N) is 1. The third kappa shape index (κ3) is 4.75. The number of amides is 1. The van der Waals surface area contributed by atoms with Crippen molar-refractivity contribution >= 4 is 63.7 Å². The number of ether oxygens (including phenoxy) is 1. The van der Waals surface area contributed by atoms with Crippen molar-refractivity contribution in [1.29, 1.82) is 0 Å². The molecular formula is C15H10Cl3N3O5. The number of nitro groups is 1. The molecule has 0 heterocycles. The number of carbonyl (C=O) groups is 2. The van der Waals surface area contributed by atoms with Crippen molar-refractivity contribution in [2.24, 2.45) is 0 Å². The van der Waals surface area contributed by atoms with Crippen molar-refractivity contribution in [3.05, 3.63) is 61.1 Å². The molecule has 8 nitrogen and oxygen atoms in total. The lowest BCUT2D eigenvalue weighted by atomic mass is 10.2. The Labute approximate surface area is 161 Å². The highest BCUT2D eigenvalue weighted by Gasteiger charge is 2.19. The molecule has 0 aliphatic rings. The van der Waals surface area contributed by atoms with Gasteiger partial charge in [0.15, 0.2) is 6.61 Å². The molecule has 0 saturated heterocycles. The summed E-state index contributed by atoms with van der Waals surface area (Å²) < 4.78 is 4.83. The number of hydrogen-bond donors (Lipinski definition) is 2. The maximum absolute atomic E-state index is 12.0. The summed E-state index contributed by atoms with van der Waals surface area (Å²) in [7, 11) is 0. The Morgan fingerprint density at radius 2 is 1.85 bits per heavy atom. The second-order valence-electron chi connectivity index (χ2n) is 4.89. The molecule has 0 spiro atoms. The van der Waals surface area contributed by atoms with E-state index in [4.69, 9.17) is 45.3 Å². The van der Waals surface area contributed by atoms with Gasteiger partial charge >= 0.3 is 5.97 Å². The van der Waals surface area contributed by atoms with Crippen LogP contribution in [0.2, 0.25) is 15.1 Å². The zero-order chi connectivity index (χ0) is 19.4. The molecule has 0 saturated carbocycles. The molecule has 0 aromatic heterocycles. The number of nitrogens with one attached hydrogen (secondary N) is 1. The third-order valence-electron chi connectivity index (χ3n) is 3.08. The van der Waals surface area contributed by atoms with Gasteiger partial charge in [0, 0.05) is 16.1 Å². The van der Waals surface area contributed by atoms with Crippen LogP contribution in [0.1, 0.15) is 10.4 Å². The fourth-order valence-corrected chi connectivity index (χ4v) is 2.57. The van der Waals surface area contributed by atoms with Crippen molar-refractivity contribution in [2.75, 3.05) is 17.7 Å². The van der Waals surface area contributed by atoms with Crippen LogP contribution in [0.3, 0.4) is 0 Å². The molecular weight excluding hydrogens is 409 g/mol. The maximum Gasteiger partial charge on any atom is 0.340 e. The van der Waals surface area contributed by atoms with Crippen LogP contribution in [0.15, 0.2) is 30.3 Å². The number of rotatable bonds is 5. The number of anilines is 2. The van der Waals surface area contributed by atoms with Gasteiger partial charge in [0.05, 0.1) is 21.2 Å². The summed E-state index contributed by atoms with van der Waals surface area (Å²) in [6.45, 7) is -0.706. The van der Waals surface area contributed by atoms with Crippen LogP contribution >= 0.6 is 34.8 Å². The highest BCUT2D eigenvalue weighted by Crippen LogP contribution is 2.29. The van der Waals surface area contributed by atoms with Gasteiger partial charge in [-0.25, -0.2) is 4.79 Å². The van der Waals surface area contributed by atoms with Crippen LogP contribution < -0.4 is 11.1 Å². The van der Waals surface area contributed by atoms with E-state index in [-0.39, 0.29) is 32.0 Å². The summed E-state index contributed by atoms with van der Waals surface area (Å²) in [5.41, 5.74) is 5.03. The number of esters is 1. The monoisotopic (exact) mass is 417 g/mol. The quantitative estimate of drug-likeness (QED) is 0.328. The molecule has 2 rings (SSSR count). The average molecular weight is 419 g/mol. The van der Waals surface area contributed by atoms with E-state index in [1.165, 1.54) is 24.3 Å². The normalized spacial score (nSPS) is 10.3. The van der Waals surface area contributed by atoms with E-state index in [0.29, 0.717) is 0 Å². The molecule has 1 amide bonds. The number of carbonyl (C=O) groups excluding carboxylic acids is 2. The van der Waals surface area contributed by atoms with Gasteiger partial charge in [-0.05, 0) is 24.3 Å². The van der Waals surface area contributed by atoms with Gasteiger partial charge in [0.1, 0.15) is 5.69 Å². The standard InChI is InChI=1S/C15H10Cl3N3O5/c16-7-1-2-11(12(5-7)21(24)25)20-13(22)6-26-15(23)9-3-8(17)4-10(18)14(9)19/h1-5H,6,19H2,(H,20,22). The van der Waals surface area contributed by atoms with Gasteiger partial charge < -0.3 is 15.8 Å². The first kappa shape index (κ1) is 19.8. The van der Waals surface area contributed by atoms with E-state index in [1.54, 1.807) is 0 Å². The highest BCUT2D eigenvalue weighted by molar-refractivity contribution is 6.37. The largest absolute Gasteiger partial charge is 0.452 e. The van der Waals surface area contributed by atoms with Gasteiger partial charge in [-0.1, -0.05) is 34.8 Å². The van der Waals surface area contributed by atoms with Gasteiger partial charge in [-0.3, -0.25) is 14.9 Å². The molecule has 0 bridgehead atoms. The number of hydrogen-bond acceptors (Lipinski definition) is 6. The maximum atomic E-state index is 12.0. The number of halogens is 3. The Balaban J connectivity index is 2.06. The minimum Gasteiger partial charge on any atom is -0.452 e. The lowest BCUT2D eigenvalue weighted by Crippen LogP contribution is -2.22. The van der Waals surface area contributed by atoms with Gasteiger partial charge in [0.25, 0.3) is 11.6 Å². The van der Waals surface area contributed by atoms with E-state index in [1.807, 2.05) is 0 Å². The van der Waals surface area contributed by atoms with Crippen molar-refractivity contribution in [3.63, 3.8) is 0 Å². The summed E-state index contributed by atoms with van der Waals surface area (Å²) in [6.07, 6.45) is 0. The third-order valence-corrected chi connectivity index (χ3v) is 3.85. The first-order valence-corrected chi connectivity index (χ1v) is 7.98. The first-order valence-electron chi connectivity index (χ1n) is 6.84. The molecule has 3 N–H and O–H groups in total. The predicted octanol–water partition coefficient (Wildman–Crippen LogP) is 3.93. The van der Waals surface area contributed by atoms with Crippen LogP contribution in [0.25, 0.3) is 0 Å². The Morgan fingerprint density at radius 1 is 1.15 bits per heavy atom. The summed E-state index contributed by atoms with van der Waals surface area (Å²) >= 11 is 17.3. The Morgan fingerprint density at radius 3 is 2.50 bits per heavy atom. The minimum atomic E-state index is -0.923. The van der Waals surface area contributed by atoms with Crippen molar-refractivity contribution in [2.45, 2.75) is 0 Å². The highest BCUT2D eigenvalue weighted by atomic mass is 35.5. The Kier molecular flexibility index (Phi) is 6.25. The van der Waals surface area contributed by atoms with Crippen LogP contribution in [-0.2, 0) is 9.53 Å². The minimum absolute atomic E-state index is 0.0465. The van der Waals surface area contributed by atoms with E-state index in [0.717, 1.165) is 6.07 Å². The lowest BCUT2D eigenvalue weighted by molar-refractivity contribution is -0.383. The molecule has 0 atom stereocenters. The Hall–Kier alpha value is -2.55. The van der Waals surface area contributed by atoms with Gasteiger partial charge in [-0.2, -0.15) is 0 Å². The van der Waals surface area contributed by atoms with E-state index < -0.39 is 29.1 Å².